The third-order valence-corrected chi connectivity index (χ3v) is 4.00. The molecule has 1 saturated carbocycles. The van der Waals surface area contributed by atoms with Crippen LogP contribution < -0.4 is 15.8 Å². The third-order valence-electron chi connectivity index (χ3n) is 4.00. The number of nitrogens with zero attached hydrogens (tertiary/aromatic N) is 1. The van der Waals surface area contributed by atoms with E-state index in [0.29, 0.717) is 24.6 Å². The first kappa shape index (κ1) is 15.5. The van der Waals surface area contributed by atoms with E-state index >= 15 is 0 Å². The molecule has 1 aliphatic rings. The largest absolute Gasteiger partial charge is 0.489 e. The Bertz CT molecular complexity index is 639. The Morgan fingerprint density at radius 3 is 2.57 bits per heavy atom. The van der Waals surface area contributed by atoms with Crippen molar-refractivity contribution in [3.63, 3.8) is 0 Å². The summed E-state index contributed by atoms with van der Waals surface area (Å²) >= 11 is 0. The molecule has 23 heavy (non-hydrogen) atoms. The zero-order valence-corrected chi connectivity index (χ0v) is 12.9. The summed E-state index contributed by atoms with van der Waals surface area (Å²) in [6.45, 7) is 1.01. The standard InChI is InChI=1S/C18H21N3O2/c19-17(14-1-2-14)11-21-18(22)15-3-5-16(6-4-15)23-12-13-7-9-20-10-8-13/h3-10,14,17H,1-2,11-12,19H2,(H,21,22). The molecule has 1 aromatic heterocycles. The lowest BCUT2D eigenvalue weighted by Gasteiger charge is -2.12. The van der Waals surface area contributed by atoms with E-state index in [-0.39, 0.29) is 11.9 Å². The molecule has 3 N–H and O–H groups in total. The van der Waals surface area contributed by atoms with E-state index in [4.69, 9.17) is 10.5 Å². The highest BCUT2D eigenvalue weighted by Gasteiger charge is 2.28. The van der Waals surface area contributed by atoms with Crippen LogP contribution in [0, 0.1) is 5.92 Å². The van der Waals surface area contributed by atoms with Crippen LogP contribution in [0.5, 0.6) is 5.75 Å². The first-order valence-electron chi connectivity index (χ1n) is 7.88. The van der Waals surface area contributed by atoms with Crippen molar-refractivity contribution in [1.82, 2.24) is 10.3 Å². The van der Waals surface area contributed by atoms with Gasteiger partial charge in [-0.1, -0.05) is 0 Å². The summed E-state index contributed by atoms with van der Waals surface area (Å²) in [4.78, 5) is 16.0. The molecule has 120 valence electrons. The molecule has 1 heterocycles. The smallest absolute Gasteiger partial charge is 0.251 e. The van der Waals surface area contributed by atoms with Crippen LogP contribution in [-0.4, -0.2) is 23.5 Å². The Labute approximate surface area is 135 Å². The van der Waals surface area contributed by atoms with Crippen LogP contribution in [0.15, 0.2) is 48.8 Å². The number of nitrogens with one attached hydrogen (secondary N) is 1. The number of rotatable bonds is 7. The zero-order valence-electron chi connectivity index (χ0n) is 12.9. The van der Waals surface area contributed by atoms with E-state index in [1.807, 2.05) is 12.1 Å². The van der Waals surface area contributed by atoms with Crippen LogP contribution in [0.1, 0.15) is 28.8 Å². The minimum Gasteiger partial charge on any atom is -0.489 e. The first-order valence-corrected chi connectivity index (χ1v) is 7.88. The molecular weight excluding hydrogens is 290 g/mol. The second-order valence-electron chi connectivity index (χ2n) is 5.88. The van der Waals surface area contributed by atoms with Crippen molar-refractivity contribution < 1.29 is 9.53 Å². The number of hydrogen-bond donors (Lipinski definition) is 2. The average molecular weight is 311 g/mol. The number of carbonyl (C=O) groups is 1. The lowest BCUT2D eigenvalue weighted by Crippen LogP contribution is -2.38. The van der Waals surface area contributed by atoms with Gasteiger partial charge in [0.25, 0.3) is 5.91 Å². The summed E-state index contributed by atoms with van der Waals surface area (Å²) in [7, 11) is 0. The number of ether oxygens (including phenoxy) is 1. The second-order valence-corrected chi connectivity index (χ2v) is 5.88. The molecule has 0 radical (unpaired) electrons. The summed E-state index contributed by atoms with van der Waals surface area (Å²) < 4.78 is 5.69. The first-order chi connectivity index (χ1) is 11.2. The lowest BCUT2D eigenvalue weighted by atomic mass is 10.1. The minimum absolute atomic E-state index is 0.0712. The highest BCUT2D eigenvalue weighted by Crippen LogP contribution is 2.31. The molecule has 1 aromatic carbocycles. The van der Waals surface area contributed by atoms with Gasteiger partial charge in [-0.2, -0.15) is 0 Å². The van der Waals surface area contributed by atoms with E-state index in [0.717, 1.165) is 11.3 Å². The van der Waals surface area contributed by atoms with Crippen LogP contribution >= 0.6 is 0 Å². The molecule has 1 atom stereocenters. The van der Waals surface area contributed by atoms with Gasteiger partial charge in [0.05, 0.1) is 0 Å². The highest BCUT2D eigenvalue weighted by molar-refractivity contribution is 5.94. The molecule has 5 nitrogen and oxygen atoms in total. The predicted octanol–water partition coefficient (Wildman–Crippen LogP) is 2.13. The Morgan fingerprint density at radius 1 is 1.22 bits per heavy atom. The number of aromatic nitrogens is 1. The molecule has 0 spiro atoms. The fraction of sp³-hybridized carbons (Fsp3) is 0.333. The van der Waals surface area contributed by atoms with Crippen LogP contribution in [-0.2, 0) is 6.61 Å². The van der Waals surface area contributed by atoms with Gasteiger partial charge < -0.3 is 15.8 Å². The molecule has 1 aliphatic carbocycles. The van der Waals surface area contributed by atoms with Gasteiger partial charge in [-0.3, -0.25) is 9.78 Å². The van der Waals surface area contributed by atoms with Crippen molar-refractivity contribution in [3.8, 4) is 5.75 Å². The predicted molar refractivity (Wildman–Crippen MR) is 88.0 cm³/mol. The maximum Gasteiger partial charge on any atom is 0.251 e. The van der Waals surface area contributed by atoms with Crippen LogP contribution in [0.2, 0.25) is 0 Å². The van der Waals surface area contributed by atoms with E-state index in [9.17, 15) is 4.79 Å². The normalized spacial score (nSPS) is 15.0. The van der Waals surface area contributed by atoms with E-state index in [2.05, 4.69) is 10.3 Å². The number of hydrogen-bond acceptors (Lipinski definition) is 4. The van der Waals surface area contributed by atoms with Crippen molar-refractivity contribution in [2.45, 2.75) is 25.5 Å². The van der Waals surface area contributed by atoms with Gasteiger partial charge in [-0.15, -0.1) is 0 Å². The van der Waals surface area contributed by atoms with Crippen molar-refractivity contribution >= 4 is 5.91 Å². The summed E-state index contributed by atoms with van der Waals surface area (Å²) in [5.74, 6) is 1.22. The molecule has 1 unspecified atom stereocenters. The molecule has 3 rings (SSSR count). The number of pyridine rings is 1. The van der Waals surface area contributed by atoms with Gasteiger partial charge in [0.1, 0.15) is 12.4 Å². The topological polar surface area (TPSA) is 77.2 Å². The molecular formula is C18H21N3O2. The van der Waals surface area contributed by atoms with Crippen molar-refractivity contribution in [2.75, 3.05) is 6.54 Å². The Hall–Kier alpha value is -2.40. The quantitative estimate of drug-likeness (QED) is 0.821. The van der Waals surface area contributed by atoms with Crippen molar-refractivity contribution in [3.05, 3.63) is 59.9 Å². The third kappa shape index (κ3) is 4.53. The maximum atomic E-state index is 12.1. The highest BCUT2D eigenvalue weighted by atomic mass is 16.5. The molecule has 0 aliphatic heterocycles. The number of amides is 1. The minimum atomic E-state index is -0.0956. The Kier molecular flexibility index (Phi) is 4.88. The maximum absolute atomic E-state index is 12.1. The van der Waals surface area contributed by atoms with Crippen molar-refractivity contribution in [2.24, 2.45) is 11.7 Å². The fourth-order valence-electron chi connectivity index (χ4n) is 2.35. The molecule has 1 fully saturated rings. The van der Waals surface area contributed by atoms with E-state index in [1.54, 1.807) is 36.7 Å². The Morgan fingerprint density at radius 2 is 1.91 bits per heavy atom. The molecule has 0 saturated heterocycles. The number of carbonyl (C=O) groups excluding carboxylic acids is 1. The summed E-state index contributed by atoms with van der Waals surface area (Å²) in [5, 5.41) is 2.89. The zero-order chi connectivity index (χ0) is 16.1. The molecule has 1 amide bonds. The SMILES string of the molecule is NC(CNC(=O)c1ccc(OCc2ccncc2)cc1)C1CC1. The Balaban J connectivity index is 1.48. The average Bonchev–Trinajstić information content (AvgIpc) is 3.44. The summed E-state index contributed by atoms with van der Waals surface area (Å²) in [6.07, 6.45) is 5.83. The molecule has 5 heteroatoms. The summed E-state index contributed by atoms with van der Waals surface area (Å²) in [6, 6.07) is 11.0. The number of benzene rings is 1. The second kappa shape index (κ2) is 7.24. The van der Waals surface area contributed by atoms with Crippen LogP contribution in [0.3, 0.4) is 0 Å². The van der Waals surface area contributed by atoms with Gasteiger partial charge in [0.2, 0.25) is 0 Å². The molecule has 2 aromatic rings. The van der Waals surface area contributed by atoms with Crippen molar-refractivity contribution in [1.29, 1.82) is 0 Å². The molecule has 0 bridgehead atoms. The number of nitrogens with two attached hydrogens (primary N) is 1. The van der Waals surface area contributed by atoms with E-state index < -0.39 is 0 Å². The van der Waals surface area contributed by atoms with Gasteiger partial charge in [0, 0.05) is 30.5 Å². The van der Waals surface area contributed by atoms with Gasteiger partial charge in [-0.05, 0) is 60.7 Å². The van der Waals surface area contributed by atoms with Gasteiger partial charge >= 0.3 is 0 Å². The lowest BCUT2D eigenvalue weighted by molar-refractivity contribution is 0.0950. The fourth-order valence-corrected chi connectivity index (χ4v) is 2.35. The van der Waals surface area contributed by atoms with Crippen LogP contribution in [0.25, 0.3) is 0 Å². The summed E-state index contributed by atoms with van der Waals surface area (Å²) in [5.41, 5.74) is 7.65. The van der Waals surface area contributed by atoms with Gasteiger partial charge in [-0.25, -0.2) is 0 Å². The van der Waals surface area contributed by atoms with Gasteiger partial charge in [0.15, 0.2) is 0 Å². The van der Waals surface area contributed by atoms with E-state index in [1.165, 1.54) is 12.8 Å². The monoisotopic (exact) mass is 311 g/mol. The van der Waals surface area contributed by atoms with Crippen LogP contribution in [0.4, 0.5) is 0 Å².